The van der Waals surface area contributed by atoms with Crippen LogP contribution in [0, 0.1) is 5.92 Å². The lowest BCUT2D eigenvalue weighted by atomic mass is 10.1. The number of hydrogen-bond acceptors (Lipinski definition) is 2. The Kier molecular flexibility index (Phi) is 4.19. The zero-order valence-corrected chi connectivity index (χ0v) is 12.0. The molecule has 0 aromatic heterocycles. The van der Waals surface area contributed by atoms with Gasteiger partial charge in [-0.25, -0.2) is 0 Å². The molecule has 1 heterocycles. The van der Waals surface area contributed by atoms with E-state index in [1.165, 1.54) is 44.3 Å². The first kappa shape index (κ1) is 13.1. The summed E-state index contributed by atoms with van der Waals surface area (Å²) in [5, 5.41) is 3.88. The molecule has 3 atom stereocenters. The Hall–Kier alpha value is -0.860. The van der Waals surface area contributed by atoms with Crippen molar-refractivity contribution in [2.75, 3.05) is 13.1 Å². The van der Waals surface area contributed by atoms with Gasteiger partial charge in [0.25, 0.3) is 0 Å². The molecule has 2 aliphatic rings. The van der Waals surface area contributed by atoms with Crippen LogP contribution < -0.4 is 5.32 Å². The van der Waals surface area contributed by atoms with E-state index < -0.39 is 0 Å². The molecule has 0 bridgehead atoms. The van der Waals surface area contributed by atoms with Gasteiger partial charge in [-0.15, -0.1) is 0 Å². The van der Waals surface area contributed by atoms with E-state index in [-0.39, 0.29) is 0 Å². The molecule has 2 heteroatoms. The quantitative estimate of drug-likeness (QED) is 0.893. The average molecular weight is 258 g/mol. The van der Waals surface area contributed by atoms with Gasteiger partial charge in [0.1, 0.15) is 0 Å². The lowest BCUT2D eigenvalue weighted by molar-refractivity contribution is 0.314. The fraction of sp³-hybridized carbons (Fsp3) is 0.647. The SMILES string of the molecule is CC1CCC(NC2CCN(Cc3ccccc3)C2)C1. The van der Waals surface area contributed by atoms with Crippen molar-refractivity contribution in [3.63, 3.8) is 0 Å². The van der Waals surface area contributed by atoms with E-state index in [1.54, 1.807) is 0 Å². The Morgan fingerprint density at radius 1 is 1.11 bits per heavy atom. The number of nitrogens with zero attached hydrogens (tertiary/aromatic N) is 1. The average Bonchev–Trinajstić information content (AvgIpc) is 3.01. The molecule has 0 radical (unpaired) electrons. The molecule has 2 nitrogen and oxygen atoms in total. The van der Waals surface area contributed by atoms with Gasteiger partial charge in [-0.1, -0.05) is 37.3 Å². The Bertz CT molecular complexity index is 390. The van der Waals surface area contributed by atoms with Gasteiger partial charge in [0, 0.05) is 31.7 Å². The smallest absolute Gasteiger partial charge is 0.0234 e. The van der Waals surface area contributed by atoms with Gasteiger partial charge < -0.3 is 5.32 Å². The van der Waals surface area contributed by atoms with E-state index in [9.17, 15) is 0 Å². The molecule has 0 spiro atoms. The summed E-state index contributed by atoms with van der Waals surface area (Å²) in [6.07, 6.45) is 5.50. The minimum atomic E-state index is 0.721. The third-order valence-corrected chi connectivity index (χ3v) is 4.69. The second-order valence-corrected chi connectivity index (χ2v) is 6.49. The van der Waals surface area contributed by atoms with Crippen LogP contribution >= 0.6 is 0 Å². The third kappa shape index (κ3) is 3.58. The highest BCUT2D eigenvalue weighted by Gasteiger charge is 2.27. The highest BCUT2D eigenvalue weighted by atomic mass is 15.2. The van der Waals surface area contributed by atoms with Crippen molar-refractivity contribution in [3.05, 3.63) is 35.9 Å². The van der Waals surface area contributed by atoms with E-state index >= 15 is 0 Å². The maximum absolute atomic E-state index is 3.88. The van der Waals surface area contributed by atoms with Gasteiger partial charge in [0.15, 0.2) is 0 Å². The number of nitrogens with one attached hydrogen (secondary N) is 1. The molecule has 1 N–H and O–H groups in total. The standard InChI is InChI=1S/C17H26N2/c1-14-7-8-16(11-14)18-17-9-10-19(13-17)12-15-5-3-2-4-6-15/h2-6,14,16-18H,7-13H2,1H3. The summed E-state index contributed by atoms with van der Waals surface area (Å²) in [6.45, 7) is 5.97. The third-order valence-electron chi connectivity index (χ3n) is 4.69. The summed E-state index contributed by atoms with van der Waals surface area (Å²) in [5.74, 6) is 0.930. The molecule has 2 fully saturated rings. The number of likely N-dealkylation sites (tertiary alicyclic amines) is 1. The highest BCUT2D eigenvalue weighted by Crippen LogP contribution is 2.26. The van der Waals surface area contributed by atoms with Crippen LogP contribution in [-0.4, -0.2) is 30.1 Å². The van der Waals surface area contributed by atoms with Gasteiger partial charge in [-0.05, 0) is 37.2 Å². The maximum atomic E-state index is 3.88. The van der Waals surface area contributed by atoms with Crippen molar-refractivity contribution in [2.24, 2.45) is 5.92 Å². The van der Waals surface area contributed by atoms with Crippen molar-refractivity contribution < 1.29 is 0 Å². The monoisotopic (exact) mass is 258 g/mol. The normalized spacial score (nSPS) is 31.9. The van der Waals surface area contributed by atoms with E-state index in [2.05, 4.69) is 47.5 Å². The second kappa shape index (κ2) is 6.06. The zero-order chi connectivity index (χ0) is 13.1. The first-order valence-corrected chi connectivity index (χ1v) is 7.82. The topological polar surface area (TPSA) is 15.3 Å². The molecule has 1 aromatic carbocycles. The van der Waals surface area contributed by atoms with Gasteiger partial charge in [0.2, 0.25) is 0 Å². The van der Waals surface area contributed by atoms with E-state index in [0.717, 1.165) is 24.5 Å². The molecule has 1 aliphatic carbocycles. The fourth-order valence-electron chi connectivity index (χ4n) is 3.65. The maximum Gasteiger partial charge on any atom is 0.0234 e. The van der Waals surface area contributed by atoms with Crippen LogP contribution in [0.4, 0.5) is 0 Å². The molecular weight excluding hydrogens is 232 g/mol. The predicted molar refractivity (Wildman–Crippen MR) is 80.1 cm³/mol. The largest absolute Gasteiger partial charge is 0.310 e. The molecule has 1 saturated heterocycles. The van der Waals surface area contributed by atoms with E-state index in [4.69, 9.17) is 0 Å². The van der Waals surface area contributed by atoms with Gasteiger partial charge in [-0.3, -0.25) is 4.90 Å². The predicted octanol–water partition coefficient (Wildman–Crippen LogP) is 3.04. The van der Waals surface area contributed by atoms with Crippen LogP contribution in [0.1, 0.15) is 38.2 Å². The first-order chi connectivity index (χ1) is 9.29. The molecule has 0 amide bonds. The molecule has 3 rings (SSSR count). The van der Waals surface area contributed by atoms with Crippen molar-refractivity contribution in [1.29, 1.82) is 0 Å². The molecule has 1 saturated carbocycles. The number of benzene rings is 1. The van der Waals surface area contributed by atoms with Crippen LogP contribution in [0.25, 0.3) is 0 Å². The molecule has 1 aliphatic heterocycles. The van der Waals surface area contributed by atoms with Crippen LogP contribution in [-0.2, 0) is 6.54 Å². The Labute approximate surface area is 117 Å². The van der Waals surface area contributed by atoms with Gasteiger partial charge >= 0.3 is 0 Å². The lowest BCUT2D eigenvalue weighted by Crippen LogP contribution is -2.38. The highest BCUT2D eigenvalue weighted by molar-refractivity contribution is 5.14. The first-order valence-electron chi connectivity index (χ1n) is 7.82. The number of rotatable bonds is 4. The van der Waals surface area contributed by atoms with Crippen LogP contribution in [0.15, 0.2) is 30.3 Å². The number of hydrogen-bond donors (Lipinski definition) is 1. The van der Waals surface area contributed by atoms with Crippen molar-refractivity contribution in [1.82, 2.24) is 10.2 Å². The minimum absolute atomic E-state index is 0.721. The molecule has 1 aromatic rings. The van der Waals surface area contributed by atoms with Crippen molar-refractivity contribution >= 4 is 0 Å². The van der Waals surface area contributed by atoms with E-state index in [1.807, 2.05) is 0 Å². The Morgan fingerprint density at radius 3 is 2.68 bits per heavy atom. The lowest BCUT2D eigenvalue weighted by Gasteiger charge is -2.20. The van der Waals surface area contributed by atoms with Crippen LogP contribution in [0.2, 0.25) is 0 Å². The summed E-state index contributed by atoms with van der Waals surface area (Å²) in [7, 11) is 0. The minimum Gasteiger partial charge on any atom is -0.310 e. The van der Waals surface area contributed by atoms with Crippen LogP contribution in [0.3, 0.4) is 0 Å². The summed E-state index contributed by atoms with van der Waals surface area (Å²) in [5.41, 5.74) is 1.44. The molecule has 19 heavy (non-hydrogen) atoms. The van der Waals surface area contributed by atoms with Gasteiger partial charge in [-0.2, -0.15) is 0 Å². The zero-order valence-electron chi connectivity index (χ0n) is 12.0. The molecular formula is C17H26N2. The molecule has 104 valence electrons. The summed E-state index contributed by atoms with van der Waals surface area (Å²) < 4.78 is 0. The fourth-order valence-corrected chi connectivity index (χ4v) is 3.65. The van der Waals surface area contributed by atoms with Crippen molar-refractivity contribution in [2.45, 2.75) is 51.2 Å². The van der Waals surface area contributed by atoms with Crippen molar-refractivity contribution in [3.8, 4) is 0 Å². The Balaban J connectivity index is 1.45. The summed E-state index contributed by atoms with van der Waals surface area (Å²) in [4.78, 5) is 2.59. The van der Waals surface area contributed by atoms with E-state index in [0.29, 0.717) is 0 Å². The Morgan fingerprint density at radius 2 is 1.95 bits per heavy atom. The summed E-state index contributed by atoms with van der Waals surface area (Å²) >= 11 is 0. The van der Waals surface area contributed by atoms with Crippen LogP contribution in [0.5, 0.6) is 0 Å². The van der Waals surface area contributed by atoms with Gasteiger partial charge in [0.05, 0.1) is 0 Å². The second-order valence-electron chi connectivity index (χ2n) is 6.49. The summed E-state index contributed by atoms with van der Waals surface area (Å²) in [6, 6.07) is 12.4. The molecule has 3 unspecified atom stereocenters.